The minimum Gasteiger partial charge on any atom is -0.365 e. The largest absolute Gasteiger partial charge is 0.365 e. The molecule has 0 saturated carbocycles. The molecule has 1 fully saturated rings. The number of benzene rings is 1. The van der Waals surface area contributed by atoms with E-state index in [2.05, 4.69) is 35.1 Å². The first-order chi connectivity index (χ1) is 8.04. The second-order valence-electron chi connectivity index (χ2n) is 4.71. The van der Waals surface area contributed by atoms with Gasteiger partial charge in [0.25, 0.3) is 0 Å². The lowest BCUT2D eigenvalue weighted by Crippen LogP contribution is -2.48. The smallest absolute Gasteiger partial charge is 0.124 e. The molecule has 1 aliphatic heterocycles. The Labute approximate surface area is 110 Å². The van der Waals surface area contributed by atoms with Gasteiger partial charge in [-0.25, -0.2) is 4.39 Å². The van der Waals surface area contributed by atoms with Crippen LogP contribution in [0.3, 0.4) is 0 Å². The Morgan fingerprint density at radius 2 is 2.35 bits per heavy atom. The Kier molecular flexibility index (Phi) is 3.85. The summed E-state index contributed by atoms with van der Waals surface area (Å²) in [6, 6.07) is 4.74. The Balaban J connectivity index is 2.22. The summed E-state index contributed by atoms with van der Waals surface area (Å²) in [7, 11) is 0. The van der Waals surface area contributed by atoms with E-state index in [9.17, 15) is 4.39 Å². The van der Waals surface area contributed by atoms with E-state index in [1.165, 1.54) is 12.1 Å². The van der Waals surface area contributed by atoms with Gasteiger partial charge in [-0.3, -0.25) is 0 Å². The third kappa shape index (κ3) is 2.87. The van der Waals surface area contributed by atoms with E-state index >= 15 is 0 Å². The number of rotatable bonds is 2. The number of halogens is 2. The van der Waals surface area contributed by atoms with Crippen molar-refractivity contribution in [2.24, 2.45) is 0 Å². The van der Waals surface area contributed by atoms with Crippen molar-refractivity contribution in [3.05, 3.63) is 34.1 Å². The minimum atomic E-state index is -0.234. The van der Waals surface area contributed by atoms with Gasteiger partial charge >= 0.3 is 0 Å². The molecule has 0 aromatic heterocycles. The van der Waals surface area contributed by atoms with Crippen LogP contribution in [-0.4, -0.2) is 18.7 Å². The summed E-state index contributed by atoms with van der Waals surface area (Å²) in [6.07, 6.45) is 0.929. The molecule has 1 saturated heterocycles. The number of nitrogens with one attached hydrogen (secondary N) is 1. The fourth-order valence-corrected chi connectivity index (χ4v) is 2.65. The lowest BCUT2D eigenvalue weighted by atomic mass is 9.98. The number of hydrogen-bond donors (Lipinski definition) is 1. The van der Waals surface area contributed by atoms with Crippen LogP contribution in [0.5, 0.6) is 0 Å². The average molecular weight is 302 g/mol. The SMILES string of the molecule is CCC1(C)CNCC(c2ccc(F)cc2Br)O1. The Hall–Kier alpha value is -0.450. The van der Waals surface area contributed by atoms with Crippen molar-refractivity contribution in [3.8, 4) is 0 Å². The van der Waals surface area contributed by atoms with Gasteiger partial charge in [-0.05, 0) is 31.0 Å². The third-order valence-corrected chi connectivity index (χ3v) is 4.00. The van der Waals surface area contributed by atoms with Gasteiger partial charge in [0.15, 0.2) is 0 Å². The summed E-state index contributed by atoms with van der Waals surface area (Å²) < 4.78 is 19.9. The van der Waals surface area contributed by atoms with Gasteiger partial charge in [0.1, 0.15) is 5.82 Å². The van der Waals surface area contributed by atoms with Crippen molar-refractivity contribution in [1.82, 2.24) is 5.32 Å². The highest BCUT2D eigenvalue weighted by Crippen LogP contribution is 2.33. The molecule has 2 rings (SSSR count). The zero-order valence-electron chi connectivity index (χ0n) is 10.1. The standard InChI is InChI=1S/C13H17BrFNO/c1-3-13(2)8-16-7-12(17-13)10-5-4-9(15)6-11(10)14/h4-6,12,16H,3,7-8H2,1-2H3. The Morgan fingerprint density at radius 1 is 1.59 bits per heavy atom. The van der Waals surface area contributed by atoms with Gasteiger partial charge in [0.2, 0.25) is 0 Å². The molecular weight excluding hydrogens is 285 g/mol. The van der Waals surface area contributed by atoms with Crippen LogP contribution in [0.4, 0.5) is 4.39 Å². The predicted octanol–water partition coefficient (Wildman–Crippen LogP) is 3.42. The monoisotopic (exact) mass is 301 g/mol. The topological polar surface area (TPSA) is 21.3 Å². The first-order valence-corrected chi connectivity index (χ1v) is 6.67. The van der Waals surface area contributed by atoms with Crippen LogP contribution in [0.1, 0.15) is 31.9 Å². The van der Waals surface area contributed by atoms with Crippen molar-refractivity contribution in [1.29, 1.82) is 0 Å². The first-order valence-electron chi connectivity index (χ1n) is 5.87. The molecule has 94 valence electrons. The maximum Gasteiger partial charge on any atom is 0.124 e. The highest BCUT2D eigenvalue weighted by Gasteiger charge is 2.32. The summed E-state index contributed by atoms with van der Waals surface area (Å²) in [5.41, 5.74) is 0.856. The minimum absolute atomic E-state index is 0.0244. The maximum absolute atomic E-state index is 13.0. The number of morpholine rings is 1. The van der Waals surface area contributed by atoms with E-state index in [0.717, 1.165) is 29.5 Å². The quantitative estimate of drug-likeness (QED) is 0.904. The van der Waals surface area contributed by atoms with Crippen molar-refractivity contribution in [3.63, 3.8) is 0 Å². The number of hydrogen-bond acceptors (Lipinski definition) is 2. The summed E-state index contributed by atoms with van der Waals surface area (Å²) >= 11 is 3.39. The molecule has 0 radical (unpaired) electrons. The zero-order valence-corrected chi connectivity index (χ0v) is 11.7. The van der Waals surface area contributed by atoms with Gasteiger partial charge in [-0.15, -0.1) is 0 Å². The molecule has 1 N–H and O–H groups in total. The molecule has 0 amide bonds. The van der Waals surface area contributed by atoms with Crippen LogP contribution in [0, 0.1) is 5.82 Å². The van der Waals surface area contributed by atoms with E-state index in [0.29, 0.717) is 0 Å². The van der Waals surface area contributed by atoms with Gasteiger partial charge in [-0.2, -0.15) is 0 Å². The second kappa shape index (κ2) is 5.04. The second-order valence-corrected chi connectivity index (χ2v) is 5.56. The lowest BCUT2D eigenvalue weighted by Gasteiger charge is -2.39. The van der Waals surface area contributed by atoms with Crippen molar-refractivity contribution in [2.75, 3.05) is 13.1 Å². The number of ether oxygens (including phenoxy) is 1. The molecule has 0 bridgehead atoms. The van der Waals surface area contributed by atoms with Gasteiger partial charge in [0.05, 0.1) is 11.7 Å². The highest BCUT2D eigenvalue weighted by molar-refractivity contribution is 9.10. The fourth-order valence-electron chi connectivity index (χ4n) is 2.04. The van der Waals surface area contributed by atoms with E-state index in [4.69, 9.17) is 4.74 Å². The Morgan fingerprint density at radius 3 is 3.00 bits per heavy atom. The average Bonchev–Trinajstić information content (AvgIpc) is 2.29. The first kappa shape index (κ1) is 13.0. The predicted molar refractivity (Wildman–Crippen MR) is 69.5 cm³/mol. The van der Waals surface area contributed by atoms with Crippen LogP contribution in [0.25, 0.3) is 0 Å². The molecular formula is C13H17BrFNO. The molecule has 1 aromatic carbocycles. The molecule has 0 aliphatic carbocycles. The van der Waals surface area contributed by atoms with E-state index in [1.807, 2.05) is 0 Å². The van der Waals surface area contributed by atoms with E-state index in [-0.39, 0.29) is 17.5 Å². The molecule has 4 heteroatoms. The van der Waals surface area contributed by atoms with Crippen molar-refractivity contribution in [2.45, 2.75) is 32.0 Å². The summed E-state index contributed by atoms with van der Waals surface area (Å²) in [4.78, 5) is 0. The Bertz CT molecular complexity index is 412. The molecule has 0 spiro atoms. The molecule has 2 atom stereocenters. The van der Waals surface area contributed by atoms with E-state index in [1.54, 1.807) is 6.07 Å². The van der Waals surface area contributed by atoms with Crippen LogP contribution in [0.2, 0.25) is 0 Å². The summed E-state index contributed by atoms with van der Waals surface area (Å²) in [5, 5.41) is 3.38. The van der Waals surface area contributed by atoms with Crippen molar-refractivity contribution < 1.29 is 9.13 Å². The normalized spacial score (nSPS) is 29.3. The third-order valence-electron chi connectivity index (χ3n) is 3.31. The molecule has 17 heavy (non-hydrogen) atoms. The fraction of sp³-hybridized carbons (Fsp3) is 0.538. The van der Waals surface area contributed by atoms with Gasteiger partial charge in [-0.1, -0.05) is 28.9 Å². The van der Waals surface area contributed by atoms with Crippen LogP contribution < -0.4 is 5.32 Å². The molecule has 1 heterocycles. The van der Waals surface area contributed by atoms with Gasteiger partial charge < -0.3 is 10.1 Å². The summed E-state index contributed by atoms with van der Waals surface area (Å²) in [6.45, 7) is 5.84. The lowest BCUT2D eigenvalue weighted by molar-refractivity contribution is -0.109. The zero-order chi connectivity index (χ0) is 12.5. The molecule has 2 nitrogen and oxygen atoms in total. The van der Waals surface area contributed by atoms with Gasteiger partial charge in [0, 0.05) is 17.6 Å². The van der Waals surface area contributed by atoms with Crippen LogP contribution in [0.15, 0.2) is 22.7 Å². The molecule has 1 aliphatic rings. The highest BCUT2D eigenvalue weighted by atomic mass is 79.9. The van der Waals surface area contributed by atoms with Crippen LogP contribution in [-0.2, 0) is 4.74 Å². The van der Waals surface area contributed by atoms with E-state index < -0.39 is 0 Å². The van der Waals surface area contributed by atoms with Crippen molar-refractivity contribution >= 4 is 15.9 Å². The summed E-state index contributed by atoms with van der Waals surface area (Å²) in [5.74, 6) is -0.234. The molecule has 2 unspecified atom stereocenters. The van der Waals surface area contributed by atoms with Crippen LogP contribution >= 0.6 is 15.9 Å². The molecule has 1 aromatic rings. The maximum atomic E-state index is 13.0.